The van der Waals surface area contributed by atoms with Crippen LogP contribution in [0.5, 0.6) is 0 Å². The Kier molecular flexibility index (Phi) is 3.00. The SMILES string of the molecule is Cc1cc(Br)c(CN=C=O)s1. The molecule has 0 fully saturated rings. The van der Waals surface area contributed by atoms with Crippen molar-refractivity contribution in [3.05, 3.63) is 20.3 Å². The van der Waals surface area contributed by atoms with E-state index in [1.54, 1.807) is 11.3 Å². The van der Waals surface area contributed by atoms with E-state index in [9.17, 15) is 4.79 Å². The molecule has 0 spiro atoms. The van der Waals surface area contributed by atoms with E-state index in [-0.39, 0.29) is 0 Å². The van der Waals surface area contributed by atoms with E-state index in [0.29, 0.717) is 6.54 Å². The van der Waals surface area contributed by atoms with Gasteiger partial charge in [-0.05, 0) is 28.9 Å². The maximum Gasteiger partial charge on any atom is 0.235 e. The highest BCUT2D eigenvalue weighted by molar-refractivity contribution is 9.10. The first-order valence-electron chi connectivity index (χ1n) is 3.02. The van der Waals surface area contributed by atoms with Gasteiger partial charge < -0.3 is 0 Å². The van der Waals surface area contributed by atoms with Gasteiger partial charge in [-0.1, -0.05) is 0 Å². The molecule has 0 radical (unpaired) electrons. The molecule has 58 valence electrons. The van der Waals surface area contributed by atoms with Crippen LogP contribution in [0.15, 0.2) is 15.5 Å². The largest absolute Gasteiger partial charge is 0.235 e. The molecule has 0 bridgehead atoms. The lowest BCUT2D eigenvalue weighted by Gasteiger charge is -1.86. The second kappa shape index (κ2) is 3.81. The monoisotopic (exact) mass is 231 g/mol. The number of hydrogen-bond donors (Lipinski definition) is 0. The van der Waals surface area contributed by atoms with Gasteiger partial charge in [0.05, 0.1) is 6.54 Å². The van der Waals surface area contributed by atoms with Crippen LogP contribution in [0, 0.1) is 6.92 Å². The minimum absolute atomic E-state index is 0.433. The molecule has 1 aromatic heterocycles. The number of rotatable bonds is 2. The van der Waals surface area contributed by atoms with Gasteiger partial charge in [-0.25, -0.2) is 9.79 Å². The quantitative estimate of drug-likeness (QED) is 0.569. The first kappa shape index (κ1) is 8.65. The molecule has 0 aromatic carbocycles. The second-order valence-corrected chi connectivity index (χ2v) is 4.23. The highest BCUT2D eigenvalue weighted by Crippen LogP contribution is 2.27. The number of hydrogen-bond acceptors (Lipinski definition) is 3. The van der Waals surface area contributed by atoms with Crippen LogP contribution in [0.3, 0.4) is 0 Å². The van der Waals surface area contributed by atoms with Gasteiger partial charge in [-0.3, -0.25) is 0 Å². The maximum atomic E-state index is 9.79. The molecule has 4 heteroatoms. The Bertz CT molecular complexity index is 301. The molecule has 0 N–H and O–H groups in total. The average Bonchev–Trinajstić information content (AvgIpc) is 2.26. The van der Waals surface area contributed by atoms with E-state index in [0.717, 1.165) is 9.35 Å². The molecule has 0 amide bonds. The van der Waals surface area contributed by atoms with Gasteiger partial charge in [0, 0.05) is 14.2 Å². The van der Waals surface area contributed by atoms with E-state index < -0.39 is 0 Å². The molecule has 1 aromatic rings. The summed E-state index contributed by atoms with van der Waals surface area (Å²) in [6.45, 7) is 2.45. The third-order valence-corrected chi connectivity index (χ3v) is 3.17. The Hall–Kier alpha value is -0.440. The van der Waals surface area contributed by atoms with Crippen LogP contribution in [-0.2, 0) is 11.3 Å². The molecule has 0 aliphatic rings. The highest BCUT2D eigenvalue weighted by atomic mass is 79.9. The molecule has 1 rings (SSSR count). The third kappa shape index (κ3) is 2.26. The van der Waals surface area contributed by atoms with E-state index in [1.807, 2.05) is 13.0 Å². The predicted molar refractivity (Wildman–Crippen MR) is 48.6 cm³/mol. The van der Waals surface area contributed by atoms with Gasteiger partial charge in [0.15, 0.2) is 0 Å². The molecule has 0 saturated heterocycles. The highest BCUT2D eigenvalue weighted by Gasteiger charge is 2.02. The lowest BCUT2D eigenvalue weighted by molar-refractivity contribution is 0.563. The smallest absolute Gasteiger partial charge is 0.211 e. The first-order chi connectivity index (χ1) is 5.24. The van der Waals surface area contributed by atoms with Gasteiger partial charge in [0.25, 0.3) is 0 Å². The Morgan fingerprint density at radius 2 is 2.55 bits per heavy atom. The van der Waals surface area contributed by atoms with Crippen molar-refractivity contribution in [2.24, 2.45) is 4.99 Å². The molecule has 11 heavy (non-hydrogen) atoms. The molecular weight excluding hydrogens is 226 g/mol. The molecule has 1 heterocycles. The zero-order chi connectivity index (χ0) is 8.27. The van der Waals surface area contributed by atoms with Crippen LogP contribution in [-0.4, -0.2) is 6.08 Å². The number of carbonyl (C=O) groups excluding carboxylic acids is 1. The van der Waals surface area contributed by atoms with E-state index in [2.05, 4.69) is 20.9 Å². The second-order valence-electron chi connectivity index (χ2n) is 2.04. The van der Waals surface area contributed by atoms with Crippen molar-refractivity contribution >= 4 is 33.3 Å². The number of halogens is 1. The van der Waals surface area contributed by atoms with Crippen molar-refractivity contribution in [3.63, 3.8) is 0 Å². The van der Waals surface area contributed by atoms with Crippen LogP contribution in [0.25, 0.3) is 0 Å². The summed E-state index contributed by atoms with van der Waals surface area (Å²) in [5.74, 6) is 0. The topological polar surface area (TPSA) is 29.4 Å². The Morgan fingerprint density at radius 1 is 1.82 bits per heavy atom. The number of nitrogens with zero attached hydrogens (tertiary/aromatic N) is 1. The lowest BCUT2D eigenvalue weighted by atomic mass is 10.4. The third-order valence-electron chi connectivity index (χ3n) is 1.17. The molecule has 0 aliphatic heterocycles. The molecule has 0 aliphatic carbocycles. The van der Waals surface area contributed by atoms with E-state index in [1.165, 1.54) is 11.0 Å². The van der Waals surface area contributed by atoms with Gasteiger partial charge in [-0.2, -0.15) is 0 Å². The fraction of sp³-hybridized carbons (Fsp3) is 0.286. The van der Waals surface area contributed by atoms with Crippen molar-refractivity contribution in [1.29, 1.82) is 0 Å². The maximum absolute atomic E-state index is 9.79. The van der Waals surface area contributed by atoms with Gasteiger partial charge in [0.1, 0.15) is 0 Å². The molecule has 2 nitrogen and oxygen atoms in total. The lowest BCUT2D eigenvalue weighted by Crippen LogP contribution is -1.72. The van der Waals surface area contributed by atoms with E-state index >= 15 is 0 Å². The Labute approximate surface area is 77.1 Å². The minimum Gasteiger partial charge on any atom is -0.211 e. The summed E-state index contributed by atoms with van der Waals surface area (Å²) >= 11 is 5.00. The van der Waals surface area contributed by atoms with Crippen LogP contribution in [0.1, 0.15) is 9.75 Å². The van der Waals surface area contributed by atoms with Gasteiger partial charge in [0.2, 0.25) is 6.08 Å². The van der Waals surface area contributed by atoms with Gasteiger partial charge >= 0.3 is 0 Å². The molecular formula is C7H6BrNOS. The number of thiophene rings is 1. The fourth-order valence-corrected chi connectivity index (χ4v) is 2.46. The molecule has 0 unspecified atom stereocenters. The zero-order valence-corrected chi connectivity index (χ0v) is 8.33. The van der Waals surface area contributed by atoms with E-state index in [4.69, 9.17) is 0 Å². The van der Waals surface area contributed by atoms with Crippen molar-refractivity contribution < 1.29 is 4.79 Å². The normalized spacial score (nSPS) is 9.27. The summed E-state index contributed by atoms with van der Waals surface area (Å²) in [6.07, 6.45) is 1.51. The van der Waals surface area contributed by atoms with Crippen LogP contribution in [0.2, 0.25) is 0 Å². The molecule has 0 atom stereocenters. The van der Waals surface area contributed by atoms with Crippen LogP contribution >= 0.6 is 27.3 Å². The first-order valence-corrected chi connectivity index (χ1v) is 4.63. The summed E-state index contributed by atoms with van der Waals surface area (Å²) in [7, 11) is 0. The summed E-state index contributed by atoms with van der Waals surface area (Å²) in [5, 5.41) is 0. The average molecular weight is 232 g/mol. The van der Waals surface area contributed by atoms with Crippen molar-refractivity contribution in [2.45, 2.75) is 13.5 Å². The summed E-state index contributed by atoms with van der Waals surface area (Å²) in [6, 6.07) is 2.01. The van der Waals surface area contributed by atoms with Crippen LogP contribution in [0.4, 0.5) is 0 Å². The fourth-order valence-electron chi connectivity index (χ4n) is 0.743. The zero-order valence-electron chi connectivity index (χ0n) is 5.93. The number of aryl methyl sites for hydroxylation is 1. The predicted octanol–water partition coefficient (Wildman–Crippen LogP) is 2.65. The Morgan fingerprint density at radius 3 is 3.00 bits per heavy atom. The Balaban J connectivity index is 2.85. The summed E-state index contributed by atoms with van der Waals surface area (Å²) < 4.78 is 1.03. The summed E-state index contributed by atoms with van der Waals surface area (Å²) in [4.78, 5) is 15.6. The van der Waals surface area contributed by atoms with Crippen molar-refractivity contribution in [2.75, 3.05) is 0 Å². The number of isocyanates is 1. The van der Waals surface area contributed by atoms with Crippen molar-refractivity contribution in [1.82, 2.24) is 0 Å². The minimum atomic E-state index is 0.433. The molecule has 0 saturated carbocycles. The standard InChI is InChI=1S/C7H6BrNOS/c1-5-2-6(8)7(11-5)3-9-4-10/h2H,3H2,1H3. The number of aliphatic imine (C=N–C) groups is 1. The van der Waals surface area contributed by atoms with Crippen molar-refractivity contribution in [3.8, 4) is 0 Å². The van der Waals surface area contributed by atoms with Crippen LogP contribution < -0.4 is 0 Å². The summed E-state index contributed by atoms with van der Waals surface area (Å²) in [5.41, 5.74) is 0. The van der Waals surface area contributed by atoms with Gasteiger partial charge in [-0.15, -0.1) is 11.3 Å².